The van der Waals surface area contributed by atoms with Gasteiger partial charge in [-0.3, -0.25) is 4.79 Å². The van der Waals surface area contributed by atoms with Crippen LogP contribution in [0.2, 0.25) is 5.02 Å². The highest BCUT2D eigenvalue weighted by atomic mass is 35.5. The first-order chi connectivity index (χ1) is 8.06. The van der Waals surface area contributed by atoms with Crippen LogP contribution in [0.4, 0.5) is 5.69 Å². The normalized spacial score (nSPS) is 10.3. The van der Waals surface area contributed by atoms with Gasteiger partial charge in [0, 0.05) is 19.3 Å². The molecular formula is C13H19ClN2O. The van der Waals surface area contributed by atoms with Crippen LogP contribution < -0.4 is 5.73 Å². The average Bonchev–Trinajstić information content (AvgIpc) is 2.31. The summed E-state index contributed by atoms with van der Waals surface area (Å²) in [5.74, 6) is -0.0709. The minimum Gasteiger partial charge on any atom is -0.399 e. The summed E-state index contributed by atoms with van der Waals surface area (Å²) in [5, 5.41) is 0.451. The van der Waals surface area contributed by atoms with E-state index in [1.54, 1.807) is 30.1 Å². The number of hydrogen-bond acceptors (Lipinski definition) is 2. The number of amides is 1. The van der Waals surface area contributed by atoms with Crippen LogP contribution in [0.15, 0.2) is 18.2 Å². The van der Waals surface area contributed by atoms with E-state index in [4.69, 9.17) is 17.3 Å². The Hall–Kier alpha value is -1.22. The molecule has 4 heteroatoms. The third kappa shape index (κ3) is 3.93. The molecule has 94 valence electrons. The second kappa shape index (κ2) is 6.50. The molecule has 17 heavy (non-hydrogen) atoms. The quantitative estimate of drug-likeness (QED) is 0.648. The summed E-state index contributed by atoms with van der Waals surface area (Å²) in [5.41, 5.74) is 6.69. The predicted molar refractivity (Wildman–Crippen MR) is 72.3 cm³/mol. The number of carbonyl (C=O) groups is 1. The topological polar surface area (TPSA) is 46.3 Å². The van der Waals surface area contributed by atoms with Gasteiger partial charge in [0.15, 0.2) is 0 Å². The van der Waals surface area contributed by atoms with Crippen LogP contribution in [0, 0.1) is 0 Å². The van der Waals surface area contributed by atoms with E-state index >= 15 is 0 Å². The van der Waals surface area contributed by atoms with E-state index in [1.165, 1.54) is 0 Å². The molecule has 0 spiro atoms. The van der Waals surface area contributed by atoms with Gasteiger partial charge in [0.05, 0.1) is 10.6 Å². The summed E-state index contributed by atoms with van der Waals surface area (Å²) in [6.07, 6.45) is 3.28. The molecular weight excluding hydrogens is 236 g/mol. The highest BCUT2D eigenvalue weighted by molar-refractivity contribution is 6.33. The molecule has 1 amide bonds. The maximum absolute atomic E-state index is 12.1. The van der Waals surface area contributed by atoms with Crippen molar-refractivity contribution in [3.8, 4) is 0 Å². The molecule has 0 bridgehead atoms. The first-order valence-corrected chi connectivity index (χ1v) is 6.24. The molecule has 0 saturated heterocycles. The van der Waals surface area contributed by atoms with Crippen LogP contribution in [-0.4, -0.2) is 24.4 Å². The van der Waals surface area contributed by atoms with Gasteiger partial charge in [-0.15, -0.1) is 0 Å². The zero-order valence-electron chi connectivity index (χ0n) is 10.4. The number of nitrogens with zero attached hydrogens (tertiary/aromatic N) is 1. The van der Waals surface area contributed by atoms with Gasteiger partial charge in [-0.2, -0.15) is 0 Å². The predicted octanol–water partition coefficient (Wildman–Crippen LogP) is 3.18. The molecule has 0 atom stereocenters. The summed E-state index contributed by atoms with van der Waals surface area (Å²) in [6, 6.07) is 4.97. The standard InChI is InChI=1S/C13H19ClN2O/c1-3-4-5-8-16(2)13(17)11-9-10(15)6-7-12(11)14/h6-7,9H,3-5,8,15H2,1-2H3. The van der Waals surface area contributed by atoms with Crippen LogP contribution >= 0.6 is 11.6 Å². The third-order valence-corrected chi connectivity index (χ3v) is 2.99. The first-order valence-electron chi connectivity index (χ1n) is 5.86. The minimum atomic E-state index is -0.0709. The van der Waals surface area contributed by atoms with Crippen LogP contribution in [0.1, 0.15) is 36.5 Å². The van der Waals surface area contributed by atoms with Crippen molar-refractivity contribution < 1.29 is 4.79 Å². The van der Waals surface area contributed by atoms with Gasteiger partial charge in [-0.1, -0.05) is 31.4 Å². The number of unbranched alkanes of at least 4 members (excludes halogenated alkanes) is 2. The van der Waals surface area contributed by atoms with Crippen LogP contribution in [0.5, 0.6) is 0 Å². The first kappa shape index (κ1) is 13.8. The molecule has 0 fully saturated rings. The molecule has 2 N–H and O–H groups in total. The van der Waals surface area contributed by atoms with Crippen molar-refractivity contribution in [2.24, 2.45) is 0 Å². The van der Waals surface area contributed by atoms with Gasteiger partial charge in [-0.25, -0.2) is 0 Å². The molecule has 0 heterocycles. The van der Waals surface area contributed by atoms with Crippen molar-refractivity contribution in [1.82, 2.24) is 4.90 Å². The van der Waals surface area contributed by atoms with Crippen LogP contribution in [-0.2, 0) is 0 Å². The maximum atomic E-state index is 12.1. The third-order valence-electron chi connectivity index (χ3n) is 2.66. The van der Waals surface area contributed by atoms with Gasteiger partial charge < -0.3 is 10.6 Å². The Labute approximate surface area is 108 Å². The molecule has 0 radical (unpaired) electrons. The summed E-state index contributed by atoms with van der Waals surface area (Å²) < 4.78 is 0. The number of carbonyl (C=O) groups excluding carboxylic acids is 1. The lowest BCUT2D eigenvalue weighted by atomic mass is 10.1. The molecule has 0 aliphatic rings. The smallest absolute Gasteiger partial charge is 0.255 e. The summed E-state index contributed by atoms with van der Waals surface area (Å²) in [6.45, 7) is 2.88. The molecule has 1 aromatic carbocycles. The average molecular weight is 255 g/mol. The number of rotatable bonds is 5. The number of benzene rings is 1. The summed E-state index contributed by atoms with van der Waals surface area (Å²) >= 11 is 5.99. The second-order valence-electron chi connectivity index (χ2n) is 4.17. The fourth-order valence-electron chi connectivity index (χ4n) is 1.61. The molecule has 0 aromatic heterocycles. The second-order valence-corrected chi connectivity index (χ2v) is 4.58. The van der Waals surface area contributed by atoms with Crippen LogP contribution in [0.3, 0.4) is 0 Å². The lowest BCUT2D eigenvalue weighted by molar-refractivity contribution is 0.0793. The fourth-order valence-corrected chi connectivity index (χ4v) is 1.81. The lowest BCUT2D eigenvalue weighted by Gasteiger charge is -2.17. The molecule has 0 saturated carbocycles. The van der Waals surface area contributed by atoms with Crippen LogP contribution in [0.25, 0.3) is 0 Å². The molecule has 1 rings (SSSR count). The Bertz CT molecular complexity index is 393. The van der Waals surface area contributed by atoms with E-state index in [9.17, 15) is 4.79 Å². The van der Waals surface area contributed by atoms with Crippen molar-refractivity contribution in [3.63, 3.8) is 0 Å². The van der Waals surface area contributed by atoms with Gasteiger partial charge in [0.25, 0.3) is 5.91 Å². The molecule has 0 aliphatic carbocycles. The Morgan fingerprint density at radius 3 is 2.76 bits per heavy atom. The maximum Gasteiger partial charge on any atom is 0.255 e. The summed E-state index contributed by atoms with van der Waals surface area (Å²) in [7, 11) is 1.79. The SMILES string of the molecule is CCCCCN(C)C(=O)c1cc(N)ccc1Cl. The highest BCUT2D eigenvalue weighted by Crippen LogP contribution is 2.20. The van der Waals surface area contributed by atoms with Crippen molar-refractivity contribution in [2.75, 3.05) is 19.3 Å². The van der Waals surface area contributed by atoms with Crippen molar-refractivity contribution in [1.29, 1.82) is 0 Å². The van der Waals surface area contributed by atoms with Gasteiger partial charge in [0.2, 0.25) is 0 Å². The lowest BCUT2D eigenvalue weighted by Crippen LogP contribution is -2.28. The Morgan fingerprint density at radius 1 is 1.41 bits per heavy atom. The van der Waals surface area contributed by atoms with E-state index in [0.717, 1.165) is 25.8 Å². The molecule has 1 aromatic rings. The molecule has 0 aliphatic heterocycles. The van der Waals surface area contributed by atoms with Crippen molar-refractivity contribution in [2.45, 2.75) is 26.2 Å². The number of nitrogens with two attached hydrogens (primary N) is 1. The Kier molecular flexibility index (Phi) is 5.29. The molecule has 0 unspecified atom stereocenters. The number of nitrogen functional groups attached to an aromatic ring is 1. The Morgan fingerprint density at radius 2 is 2.12 bits per heavy atom. The summed E-state index contributed by atoms with van der Waals surface area (Å²) in [4.78, 5) is 13.8. The van der Waals surface area contributed by atoms with Gasteiger partial charge in [0.1, 0.15) is 0 Å². The van der Waals surface area contributed by atoms with E-state index in [0.29, 0.717) is 16.3 Å². The number of hydrogen-bond donors (Lipinski definition) is 1. The number of halogens is 1. The number of anilines is 1. The minimum absolute atomic E-state index is 0.0709. The zero-order chi connectivity index (χ0) is 12.8. The largest absolute Gasteiger partial charge is 0.399 e. The zero-order valence-corrected chi connectivity index (χ0v) is 11.1. The van der Waals surface area contributed by atoms with Gasteiger partial charge in [-0.05, 0) is 24.6 Å². The van der Waals surface area contributed by atoms with E-state index in [-0.39, 0.29) is 5.91 Å². The van der Waals surface area contributed by atoms with E-state index in [2.05, 4.69) is 6.92 Å². The monoisotopic (exact) mass is 254 g/mol. The fraction of sp³-hybridized carbons (Fsp3) is 0.462. The highest BCUT2D eigenvalue weighted by Gasteiger charge is 2.14. The van der Waals surface area contributed by atoms with Gasteiger partial charge >= 0.3 is 0 Å². The van der Waals surface area contributed by atoms with E-state index in [1.807, 2.05) is 0 Å². The van der Waals surface area contributed by atoms with Crippen molar-refractivity contribution in [3.05, 3.63) is 28.8 Å². The molecule has 3 nitrogen and oxygen atoms in total. The Balaban J connectivity index is 2.71. The van der Waals surface area contributed by atoms with E-state index < -0.39 is 0 Å². The van der Waals surface area contributed by atoms with Crippen molar-refractivity contribution >= 4 is 23.2 Å².